The van der Waals surface area contributed by atoms with Crippen molar-refractivity contribution in [1.82, 2.24) is 10.3 Å². The van der Waals surface area contributed by atoms with E-state index >= 15 is 0 Å². The molecule has 0 aliphatic carbocycles. The minimum atomic E-state index is -2.99. The Morgan fingerprint density at radius 2 is 2.00 bits per heavy atom. The molecule has 24 heavy (non-hydrogen) atoms. The van der Waals surface area contributed by atoms with Gasteiger partial charge >= 0.3 is 0 Å². The molecule has 1 saturated heterocycles. The van der Waals surface area contributed by atoms with Crippen LogP contribution in [0.3, 0.4) is 0 Å². The van der Waals surface area contributed by atoms with Crippen molar-refractivity contribution < 1.29 is 13.2 Å². The van der Waals surface area contributed by atoms with E-state index in [0.29, 0.717) is 12.0 Å². The first-order valence-corrected chi connectivity index (χ1v) is 10.5. The zero-order chi connectivity index (χ0) is 17.0. The Morgan fingerprint density at radius 3 is 2.62 bits per heavy atom. The molecule has 0 bridgehead atoms. The van der Waals surface area contributed by atoms with Crippen LogP contribution in [0.5, 0.6) is 0 Å². The van der Waals surface area contributed by atoms with E-state index < -0.39 is 9.84 Å². The summed E-state index contributed by atoms with van der Waals surface area (Å²) in [7, 11) is -2.99. The van der Waals surface area contributed by atoms with Crippen LogP contribution in [0.25, 0.3) is 0 Å². The van der Waals surface area contributed by atoms with Crippen LogP contribution in [0.4, 0.5) is 0 Å². The van der Waals surface area contributed by atoms with Gasteiger partial charge in [0.25, 0.3) is 5.91 Å². The quantitative estimate of drug-likeness (QED) is 0.826. The Morgan fingerprint density at radius 1 is 1.21 bits per heavy atom. The summed E-state index contributed by atoms with van der Waals surface area (Å²) >= 11 is 1.64. The van der Waals surface area contributed by atoms with Crippen LogP contribution in [0.1, 0.15) is 22.3 Å². The minimum Gasteiger partial charge on any atom is -0.348 e. The third-order valence-corrected chi connectivity index (χ3v) is 6.59. The number of hydrogen-bond acceptors (Lipinski definition) is 5. The van der Waals surface area contributed by atoms with Crippen LogP contribution in [0.15, 0.2) is 53.7 Å². The molecular formula is C17H18N2O3S2. The van der Waals surface area contributed by atoms with Gasteiger partial charge in [0.15, 0.2) is 9.84 Å². The second kappa shape index (κ2) is 7.36. The minimum absolute atomic E-state index is 0.0392. The number of pyridine rings is 1. The van der Waals surface area contributed by atoms with Gasteiger partial charge in [0.2, 0.25) is 0 Å². The maximum Gasteiger partial charge on any atom is 0.251 e. The number of hydrogen-bond donors (Lipinski definition) is 1. The molecule has 3 rings (SSSR count). The van der Waals surface area contributed by atoms with Gasteiger partial charge in [-0.25, -0.2) is 13.4 Å². The molecule has 126 valence electrons. The number of benzene rings is 1. The van der Waals surface area contributed by atoms with Crippen LogP contribution in [0.2, 0.25) is 0 Å². The highest BCUT2D eigenvalue weighted by Gasteiger charge is 2.29. The molecule has 0 spiro atoms. The van der Waals surface area contributed by atoms with Crippen molar-refractivity contribution in [2.75, 3.05) is 11.5 Å². The van der Waals surface area contributed by atoms with Gasteiger partial charge in [0.05, 0.1) is 16.5 Å². The number of thioether (sulfide) groups is 1. The van der Waals surface area contributed by atoms with Crippen molar-refractivity contribution >= 4 is 27.5 Å². The van der Waals surface area contributed by atoms with Crippen molar-refractivity contribution in [3.63, 3.8) is 0 Å². The second-order valence-electron chi connectivity index (χ2n) is 5.73. The molecule has 1 N–H and O–H groups in total. The number of carbonyl (C=O) groups excluding carboxylic acids is 1. The zero-order valence-corrected chi connectivity index (χ0v) is 14.6. The summed E-state index contributed by atoms with van der Waals surface area (Å²) < 4.78 is 22.9. The van der Waals surface area contributed by atoms with Gasteiger partial charge in [-0.1, -0.05) is 18.2 Å². The molecule has 0 radical (unpaired) electrons. The molecule has 1 atom stereocenters. The largest absolute Gasteiger partial charge is 0.348 e. The molecule has 1 fully saturated rings. The molecule has 1 aromatic heterocycles. The lowest BCUT2D eigenvalue weighted by Gasteiger charge is -2.11. The summed E-state index contributed by atoms with van der Waals surface area (Å²) in [6.07, 6.45) is 2.26. The first kappa shape index (κ1) is 17.0. The van der Waals surface area contributed by atoms with Crippen molar-refractivity contribution in [3.8, 4) is 0 Å². The maximum atomic E-state index is 12.2. The Kier molecular flexibility index (Phi) is 5.20. The second-order valence-corrected chi connectivity index (χ2v) is 8.95. The van der Waals surface area contributed by atoms with Crippen molar-refractivity contribution in [1.29, 1.82) is 0 Å². The lowest BCUT2D eigenvalue weighted by Crippen LogP contribution is -2.35. The predicted octanol–water partition coefficient (Wildman–Crippen LogP) is 2.29. The van der Waals surface area contributed by atoms with E-state index in [0.717, 1.165) is 16.3 Å². The standard InChI is InChI=1S/C17H18N2O3S2/c20-17(19-15-8-10-24(21,22)12-15)14-6-4-13(5-7-14)11-23-16-3-1-2-9-18-16/h1-7,9,15H,8,10-12H2,(H,19,20)/t15-/m0/s1. The third kappa shape index (κ3) is 4.58. The van der Waals surface area contributed by atoms with Gasteiger partial charge in [-0.2, -0.15) is 0 Å². The number of carbonyl (C=O) groups is 1. The molecular weight excluding hydrogens is 344 g/mol. The zero-order valence-electron chi connectivity index (χ0n) is 13.0. The molecule has 5 nitrogen and oxygen atoms in total. The van der Waals surface area contributed by atoms with E-state index in [4.69, 9.17) is 0 Å². The first-order chi connectivity index (χ1) is 11.5. The smallest absolute Gasteiger partial charge is 0.251 e. The van der Waals surface area contributed by atoms with Crippen molar-refractivity contribution in [2.45, 2.75) is 23.2 Å². The molecule has 0 saturated carbocycles. The molecule has 1 aliphatic heterocycles. The number of nitrogens with zero attached hydrogens (tertiary/aromatic N) is 1. The van der Waals surface area contributed by atoms with Gasteiger partial charge in [-0.3, -0.25) is 4.79 Å². The Labute approximate surface area is 145 Å². The topological polar surface area (TPSA) is 76.1 Å². The number of sulfone groups is 1. The van der Waals surface area contributed by atoms with Crippen LogP contribution in [0, 0.1) is 0 Å². The van der Waals surface area contributed by atoms with E-state index in [-0.39, 0.29) is 23.5 Å². The summed E-state index contributed by atoms with van der Waals surface area (Å²) in [5.74, 6) is 0.750. The average molecular weight is 362 g/mol. The number of rotatable bonds is 5. The van der Waals surface area contributed by atoms with Crippen LogP contribution < -0.4 is 5.32 Å². The molecule has 2 aromatic rings. The van der Waals surface area contributed by atoms with E-state index in [9.17, 15) is 13.2 Å². The number of nitrogens with one attached hydrogen (secondary N) is 1. The van der Waals surface area contributed by atoms with Gasteiger partial charge in [0.1, 0.15) is 0 Å². The van der Waals surface area contributed by atoms with Gasteiger partial charge < -0.3 is 5.32 Å². The highest BCUT2D eigenvalue weighted by atomic mass is 32.2. The molecule has 1 aliphatic rings. The molecule has 0 unspecified atom stereocenters. The van der Waals surface area contributed by atoms with Crippen molar-refractivity contribution in [2.24, 2.45) is 0 Å². The number of aromatic nitrogens is 1. The molecule has 1 amide bonds. The van der Waals surface area contributed by atoms with Gasteiger partial charge in [0, 0.05) is 23.6 Å². The van der Waals surface area contributed by atoms with Crippen LogP contribution in [-0.4, -0.2) is 36.9 Å². The average Bonchev–Trinajstić information content (AvgIpc) is 2.93. The fourth-order valence-electron chi connectivity index (χ4n) is 2.52. The molecule has 2 heterocycles. The van der Waals surface area contributed by atoms with Crippen LogP contribution in [-0.2, 0) is 15.6 Å². The first-order valence-electron chi connectivity index (χ1n) is 7.66. The fraction of sp³-hybridized carbons (Fsp3) is 0.294. The normalized spacial score (nSPS) is 19.1. The SMILES string of the molecule is O=C(N[C@H]1CCS(=O)(=O)C1)c1ccc(CSc2ccccn2)cc1. The lowest BCUT2D eigenvalue weighted by molar-refractivity contribution is 0.0941. The molecule has 1 aromatic carbocycles. The summed E-state index contributed by atoms with van der Waals surface area (Å²) in [5, 5.41) is 3.75. The van der Waals surface area contributed by atoms with Gasteiger partial charge in [-0.05, 0) is 36.2 Å². The monoisotopic (exact) mass is 362 g/mol. The van der Waals surface area contributed by atoms with Crippen molar-refractivity contribution in [3.05, 3.63) is 59.8 Å². The molecule has 7 heteroatoms. The Hall–Kier alpha value is -1.86. The highest BCUT2D eigenvalue weighted by molar-refractivity contribution is 7.98. The summed E-state index contributed by atoms with van der Waals surface area (Å²) in [6, 6.07) is 12.9. The summed E-state index contributed by atoms with van der Waals surface area (Å²) in [4.78, 5) is 16.4. The highest BCUT2D eigenvalue weighted by Crippen LogP contribution is 2.20. The lowest BCUT2D eigenvalue weighted by atomic mass is 10.1. The van der Waals surface area contributed by atoms with Gasteiger partial charge in [-0.15, -0.1) is 11.8 Å². The van der Waals surface area contributed by atoms with E-state index in [1.54, 1.807) is 30.1 Å². The predicted molar refractivity (Wildman–Crippen MR) is 94.8 cm³/mol. The summed E-state index contributed by atoms with van der Waals surface area (Å²) in [6.45, 7) is 0. The maximum absolute atomic E-state index is 12.2. The van der Waals surface area contributed by atoms with E-state index in [1.165, 1.54) is 0 Å². The number of amides is 1. The Balaban J connectivity index is 1.55. The third-order valence-electron chi connectivity index (χ3n) is 3.81. The van der Waals surface area contributed by atoms with E-state index in [1.807, 2.05) is 30.3 Å². The fourth-order valence-corrected chi connectivity index (χ4v) is 5.01. The Bertz CT molecular complexity index is 805. The van der Waals surface area contributed by atoms with E-state index in [2.05, 4.69) is 10.3 Å². The summed E-state index contributed by atoms with van der Waals surface area (Å²) in [5.41, 5.74) is 1.65. The van der Waals surface area contributed by atoms with Crippen LogP contribution >= 0.6 is 11.8 Å².